The molecule has 4 nitrogen and oxygen atoms in total. The fourth-order valence-corrected chi connectivity index (χ4v) is 2.98. The van der Waals surface area contributed by atoms with Crippen LogP contribution in [0.25, 0.3) is 0 Å². The molecular formula is C18H31Cl2N3O. The Balaban J connectivity index is 0.00000264. The zero-order chi connectivity index (χ0) is 15.9. The van der Waals surface area contributed by atoms with Crippen molar-refractivity contribution in [2.75, 3.05) is 25.5 Å². The van der Waals surface area contributed by atoms with Crippen LogP contribution in [0.1, 0.15) is 38.7 Å². The van der Waals surface area contributed by atoms with Crippen molar-refractivity contribution in [1.29, 1.82) is 0 Å². The monoisotopic (exact) mass is 375 g/mol. The van der Waals surface area contributed by atoms with Crippen molar-refractivity contribution in [2.24, 2.45) is 5.92 Å². The second-order valence-electron chi connectivity index (χ2n) is 6.46. The molecule has 1 aromatic rings. The van der Waals surface area contributed by atoms with E-state index in [1.165, 1.54) is 31.4 Å². The molecule has 6 heteroatoms. The number of piperidine rings is 1. The fraction of sp³-hybridized carbons (Fsp3) is 0.611. The summed E-state index contributed by atoms with van der Waals surface area (Å²) in [6, 6.07) is 8.94. The van der Waals surface area contributed by atoms with E-state index in [1.54, 1.807) is 0 Å². The van der Waals surface area contributed by atoms with E-state index in [4.69, 9.17) is 0 Å². The summed E-state index contributed by atoms with van der Waals surface area (Å²) in [5.41, 5.74) is 2.19. The number of carbonyl (C=O) groups is 1. The van der Waals surface area contributed by atoms with E-state index < -0.39 is 0 Å². The fourth-order valence-electron chi connectivity index (χ4n) is 2.98. The number of nitrogens with zero attached hydrogens (tertiary/aromatic N) is 1. The number of rotatable bonds is 6. The van der Waals surface area contributed by atoms with Crippen molar-refractivity contribution < 1.29 is 4.79 Å². The third kappa shape index (κ3) is 6.98. The molecule has 0 spiro atoms. The average molecular weight is 376 g/mol. The lowest BCUT2D eigenvalue weighted by Gasteiger charge is -2.33. The molecule has 1 saturated heterocycles. The number of halogens is 2. The van der Waals surface area contributed by atoms with E-state index in [9.17, 15) is 4.79 Å². The average Bonchev–Trinajstić information content (AvgIpc) is 2.51. The normalized spacial score (nSPS) is 18.9. The predicted octanol–water partition coefficient (Wildman–Crippen LogP) is 3.70. The minimum atomic E-state index is -0.0288. The molecule has 0 bridgehead atoms. The maximum atomic E-state index is 12.0. The summed E-state index contributed by atoms with van der Waals surface area (Å²) < 4.78 is 0. The van der Waals surface area contributed by atoms with Crippen molar-refractivity contribution in [3.8, 4) is 0 Å². The van der Waals surface area contributed by atoms with Gasteiger partial charge in [0.15, 0.2) is 0 Å². The van der Waals surface area contributed by atoms with Gasteiger partial charge in [-0.25, -0.2) is 0 Å². The smallest absolute Gasteiger partial charge is 0.228 e. The Morgan fingerprint density at radius 3 is 2.50 bits per heavy atom. The molecule has 1 aliphatic rings. The zero-order valence-electron chi connectivity index (χ0n) is 14.9. The number of amides is 1. The summed E-state index contributed by atoms with van der Waals surface area (Å²) in [7, 11) is 1.86. The summed E-state index contributed by atoms with van der Waals surface area (Å²) in [6.45, 7) is 7.14. The second-order valence-corrected chi connectivity index (χ2v) is 6.46. The van der Waals surface area contributed by atoms with E-state index in [2.05, 4.69) is 34.6 Å². The molecule has 0 radical (unpaired) electrons. The van der Waals surface area contributed by atoms with Gasteiger partial charge in [0.1, 0.15) is 0 Å². The van der Waals surface area contributed by atoms with Crippen LogP contribution in [-0.4, -0.2) is 37.0 Å². The van der Waals surface area contributed by atoms with Crippen molar-refractivity contribution in [1.82, 2.24) is 10.2 Å². The molecule has 1 aliphatic heterocycles. The first-order valence-corrected chi connectivity index (χ1v) is 8.38. The Morgan fingerprint density at radius 2 is 1.92 bits per heavy atom. The number of hydrogen-bond acceptors (Lipinski definition) is 3. The first-order valence-electron chi connectivity index (χ1n) is 8.38. The van der Waals surface area contributed by atoms with Gasteiger partial charge in [-0.3, -0.25) is 9.69 Å². The van der Waals surface area contributed by atoms with E-state index in [0.717, 1.165) is 12.2 Å². The van der Waals surface area contributed by atoms with Crippen molar-refractivity contribution in [3.63, 3.8) is 0 Å². The van der Waals surface area contributed by atoms with Gasteiger partial charge in [-0.1, -0.05) is 25.5 Å². The largest absolute Gasteiger partial charge is 0.326 e. The standard InChI is InChI=1S/C18H29N3O.2ClH/c1-14(12-19-3)18(22)20-17-9-7-16(8-10-17)13-21-11-5-4-6-15(21)2;;/h7-10,14-15,19H,4-6,11-13H2,1-3H3,(H,20,22);2*1H. The quantitative estimate of drug-likeness (QED) is 0.796. The van der Waals surface area contributed by atoms with Gasteiger partial charge >= 0.3 is 0 Å². The number of nitrogens with one attached hydrogen (secondary N) is 2. The van der Waals surface area contributed by atoms with Crippen molar-refractivity contribution in [3.05, 3.63) is 29.8 Å². The van der Waals surface area contributed by atoms with E-state index >= 15 is 0 Å². The minimum Gasteiger partial charge on any atom is -0.326 e. The Labute approximate surface area is 158 Å². The van der Waals surface area contributed by atoms with E-state index in [0.29, 0.717) is 12.6 Å². The van der Waals surface area contributed by atoms with Gasteiger partial charge in [0.05, 0.1) is 0 Å². The van der Waals surface area contributed by atoms with Crippen molar-refractivity contribution >= 4 is 36.4 Å². The number of carbonyl (C=O) groups excluding carboxylic acids is 1. The van der Waals surface area contributed by atoms with Gasteiger partial charge in [-0.15, -0.1) is 24.8 Å². The topological polar surface area (TPSA) is 44.4 Å². The lowest BCUT2D eigenvalue weighted by atomic mass is 10.0. The number of benzene rings is 1. The highest BCUT2D eigenvalue weighted by molar-refractivity contribution is 5.92. The van der Waals surface area contributed by atoms with Crippen LogP contribution < -0.4 is 10.6 Å². The van der Waals surface area contributed by atoms with Gasteiger partial charge in [0.25, 0.3) is 0 Å². The highest BCUT2D eigenvalue weighted by atomic mass is 35.5. The predicted molar refractivity (Wildman–Crippen MR) is 106 cm³/mol. The van der Waals surface area contributed by atoms with Crippen molar-refractivity contribution in [2.45, 2.75) is 45.7 Å². The molecule has 138 valence electrons. The molecule has 2 N–H and O–H groups in total. The highest BCUT2D eigenvalue weighted by Gasteiger charge is 2.18. The van der Waals surface area contributed by atoms with Crippen LogP contribution in [-0.2, 0) is 11.3 Å². The molecule has 0 saturated carbocycles. The highest BCUT2D eigenvalue weighted by Crippen LogP contribution is 2.20. The number of anilines is 1. The minimum absolute atomic E-state index is 0. The lowest BCUT2D eigenvalue weighted by Crippen LogP contribution is -2.36. The van der Waals surface area contributed by atoms with Crippen LogP contribution in [0.15, 0.2) is 24.3 Å². The molecule has 2 rings (SSSR count). The Morgan fingerprint density at radius 1 is 1.25 bits per heavy atom. The van der Waals surface area contributed by atoms with Gasteiger partial charge in [0, 0.05) is 30.7 Å². The van der Waals surface area contributed by atoms with Crippen LogP contribution in [0.4, 0.5) is 5.69 Å². The summed E-state index contributed by atoms with van der Waals surface area (Å²) in [5.74, 6) is 0.0330. The van der Waals surface area contributed by atoms with E-state index in [1.807, 2.05) is 26.1 Å². The van der Waals surface area contributed by atoms with Gasteiger partial charge < -0.3 is 10.6 Å². The Bertz CT molecular complexity index is 482. The molecule has 24 heavy (non-hydrogen) atoms. The summed E-state index contributed by atoms with van der Waals surface area (Å²) >= 11 is 0. The lowest BCUT2D eigenvalue weighted by molar-refractivity contribution is -0.119. The third-order valence-electron chi connectivity index (χ3n) is 4.51. The van der Waals surface area contributed by atoms with Crippen LogP contribution in [0, 0.1) is 5.92 Å². The molecule has 1 fully saturated rings. The van der Waals surface area contributed by atoms with Crippen LogP contribution in [0.3, 0.4) is 0 Å². The first kappa shape index (κ1) is 23.2. The summed E-state index contributed by atoms with van der Waals surface area (Å²) in [6.07, 6.45) is 3.97. The van der Waals surface area contributed by atoms with Gasteiger partial charge in [-0.05, 0) is 51.1 Å². The molecule has 0 aliphatic carbocycles. The molecule has 2 unspecified atom stereocenters. The van der Waals surface area contributed by atoms with Crippen LogP contribution in [0.5, 0.6) is 0 Å². The molecule has 1 amide bonds. The summed E-state index contributed by atoms with van der Waals surface area (Å²) in [4.78, 5) is 14.5. The Kier molecular flexibility index (Phi) is 11.3. The first-order chi connectivity index (χ1) is 10.6. The number of likely N-dealkylation sites (tertiary alicyclic amines) is 1. The number of hydrogen-bond donors (Lipinski definition) is 2. The van der Waals surface area contributed by atoms with Crippen LogP contribution >= 0.6 is 24.8 Å². The van der Waals surface area contributed by atoms with Gasteiger partial charge in [-0.2, -0.15) is 0 Å². The third-order valence-corrected chi connectivity index (χ3v) is 4.51. The molecule has 0 aromatic heterocycles. The zero-order valence-corrected chi connectivity index (χ0v) is 16.5. The maximum absolute atomic E-state index is 12.0. The Hall–Kier alpha value is -0.810. The van der Waals surface area contributed by atoms with Crippen LogP contribution in [0.2, 0.25) is 0 Å². The van der Waals surface area contributed by atoms with E-state index in [-0.39, 0.29) is 36.6 Å². The molecule has 1 heterocycles. The summed E-state index contributed by atoms with van der Waals surface area (Å²) in [5, 5.41) is 6.00. The second kappa shape index (κ2) is 11.7. The maximum Gasteiger partial charge on any atom is 0.228 e. The van der Waals surface area contributed by atoms with Gasteiger partial charge in [0.2, 0.25) is 5.91 Å². The SMILES string of the molecule is CNCC(C)C(=O)Nc1ccc(CN2CCCCC2C)cc1.Cl.Cl. The molecule has 1 aromatic carbocycles. The molecular weight excluding hydrogens is 345 g/mol. The molecule has 2 atom stereocenters.